The molecule has 37 heavy (non-hydrogen) atoms. The average molecular weight is 497 g/mol. The van der Waals surface area contributed by atoms with Crippen molar-refractivity contribution in [1.29, 1.82) is 0 Å². The zero-order chi connectivity index (χ0) is 25.4. The summed E-state index contributed by atoms with van der Waals surface area (Å²) >= 11 is 0. The molecular formula is C29H28N4O4. The first kappa shape index (κ1) is 23.2. The van der Waals surface area contributed by atoms with E-state index < -0.39 is 11.4 Å². The van der Waals surface area contributed by atoms with E-state index in [0.29, 0.717) is 49.0 Å². The molecule has 1 saturated carbocycles. The number of hydrogen-bond acceptors (Lipinski definition) is 7. The van der Waals surface area contributed by atoms with Crippen LogP contribution in [0.1, 0.15) is 24.1 Å². The normalized spacial score (nSPS) is 16.4. The second-order valence-corrected chi connectivity index (χ2v) is 9.59. The van der Waals surface area contributed by atoms with E-state index in [9.17, 15) is 9.90 Å². The summed E-state index contributed by atoms with van der Waals surface area (Å²) < 4.78 is 11.4. The van der Waals surface area contributed by atoms with Gasteiger partial charge in [0.15, 0.2) is 5.76 Å². The third-order valence-corrected chi connectivity index (χ3v) is 7.25. The molecule has 0 bridgehead atoms. The van der Waals surface area contributed by atoms with Gasteiger partial charge in [-0.05, 0) is 54.7 Å². The summed E-state index contributed by atoms with van der Waals surface area (Å²) in [5, 5.41) is 17.6. The first-order valence-electron chi connectivity index (χ1n) is 12.5. The van der Waals surface area contributed by atoms with Gasteiger partial charge in [0.2, 0.25) is 0 Å². The maximum Gasteiger partial charge on any atom is 0.314 e. The molecule has 2 aromatic heterocycles. The van der Waals surface area contributed by atoms with Gasteiger partial charge in [0.1, 0.15) is 23.0 Å². The van der Waals surface area contributed by atoms with Crippen molar-refractivity contribution in [3.63, 3.8) is 0 Å². The van der Waals surface area contributed by atoms with E-state index in [1.807, 2.05) is 73.7 Å². The SMILES string of the molecule is Cc1noc(-c2cc(C3(C(=O)O)CC3)ccc2-c2ccccc2)c1Nc1cccc(N2CCOCC2)n1. The summed E-state index contributed by atoms with van der Waals surface area (Å²) in [5.41, 5.74) is 4.10. The van der Waals surface area contributed by atoms with Gasteiger partial charge in [-0.15, -0.1) is 0 Å². The largest absolute Gasteiger partial charge is 0.481 e. The summed E-state index contributed by atoms with van der Waals surface area (Å²) in [6, 6.07) is 21.8. The van der Waals surface area contributed by atoms with Crippen LogP contribution in [0.2, 0.25) is 0 Å². The molecule has 4 aromatic rings. The van der Waals surface area contributed by atoms with Crippen molar-refractivity contribution in [2.24, 2.45) is 0 Å². The number of anilines is 3. The highest BCUT2D eigenvalue weighted by Gasteiger charge is 2.52. The molecule has 1 aliphatic heterocycles. The Morgan fingerprint density at radius 1 is 1.00 bits per heavy atom. The molecule has 1 saturated heterocycles. The van der Waals surface area contributed by atoms with E-state index in [-0.39, 0.29) is 0 Å². The molecule has 0 unspecified atom stereocenters. The second kappa shape index (κ2) is 9.37. The number of aliphatic carboxylic acids is 1. The van der Waals surface area contributed by atoms with Gasteiger partial charge >= 0.3 is 5.97 Å². The van der Waals surface area contributed by atoms with Crippen molar-refractivity contribution in [3.8, 4) is 22.5 Å². The highest BCUT2D eigenvalue weighted by Crippen LogP contribution is 2.50. The number of aryl methyl sites for hydroxylation is 1. The van der Waals surface area contributed by atoms with Gasteiger partial charge in [0, 0.05) is 18.7 Å². The van der Waals surface area contributed by atoms with E-state index in [0.717, 1.165) is 41.2 Å². The lowest BCUT2D eigenvalue weighted by Gasteiger charge is -2.28. The number of nitrogens with zero attached hydrogens (tertiary/aromatic N) is 3. The van der Waals surface area contributed by atoms with Gasteiger partial charge in [-0.1, -0.05) is 53.7 Å². The van der Waals surface area contributed by atoms with E-state index in [4.69, 9.17) is 14.2 Å². The van der Waals surface area contributed by atoms with Crippen LogP contribution >= 0.6 is 0 Å². The van der Waals surface area contributed by atoms with Gasteiger partial charge in [0.25, 0.3) is 0 Å². The first-order valence-corrected chi connectivity index (χ1v) is 12.5. The van der Waals surface area contributed by atoms with Crippen LogP contribution in [-0.2, 0) is 14.9 Å². The number of rotatable bonds is 7. The predicted molar refractivity (Wildman–Crippen MR) is 141 cm³/mol. The van der Waals surface area contributed by atoms with Crippen LogP contribution in [0.5, 0.6) is 0 Å². The van der Waals surface area contributed by atoms with Crippen LogP contribution in [-0.4, -0.2) is 47.5 Å². The van der Waals surface area contributed by atoms with E-state index in [2.05, 4.69) is 15.4 Å². The lowest BCUT2D eigenvalue weighted by atomic mass is 9.89. The number of hydrogen-bond donors (Lipinski definition) is 2. The van der Waals surface area contributed by atoms with E-state index >= 15 is 0 Å². The number of carbonyl (C=O) groups is 1. The van der Waals surface area contributed by atoms with Gasteiger partial charge in [-0.25, -0.2) is 4.98 Å². The van der Waals surface area contributed by atoms with Crippen LogP contribution in [0.25, 0.3) is 22.5 Å². The van der Waals surface area contributed by atoms with E-state index in [1.165, 1.54) is 0 Å². The number of morpholine rings is 1. The molecule has 1 aliphatic carbocycles. The summed E-state index contributed by atoms with van der Waals surface area (Å²) in [5.74, 6) is 1.33. The Morgan fingerprint density at radius 3 is 2.51 bits per heavy atom. The minimum absolute atomic E-state index is 0.554. The van der Waals surface area contributed by atoms with Crippen molar-refractivity contribution < 1.29 is 19.2 Å². The number of nitrogens with one attached hydrogen (secondary N) is 1. The van der Waals surface area contributed by atoms with E-state index in [1.54, 1.807) is 0 Å². The molecule has 2 aromatic carbocycles. The molecule has 0 spiro atoms. The van der Waals surface area contributed by atoms with Crippen LogP contribution in [0.4, 0.5) is 17.3 Å². The fourth-order valence-corrected chi connectivity index (χ4v) is 4.94. The highest BCUT2D eigenvalue weighted by atomic mass is 16.5. The molecule has 2 aliphatic rings. The Balaban J connectivity index is 1.42. The molecule has 2 fully saturated rings. The zero-order valence-electron chi connectivity index (χ0n) is 20.6. The Hall–Kier alpha value is -4.17. The van der Waals surface area contributed by atoms with Crippen molar-refractivity contribution >= 4 is 23.3 Å². The topological polar surface area (TPSA) is 101 Å². The van der Waals surface area contributed by atoms with Gasteiger partial charge in [0.05, 0.1) is 18.6 Å². The minimum Gasteiger partial charge on any atom is -0.481 e. The monoisotopic (exact) mass is 496 g/mol. The van der Waals surface area contributed by atoms with Gasteiger partial charge in [-0.2, -0.15) is 0 Å². The fraction of sp³-hybridized carbons (Fsp3) is 0.276. The minimum atomic E-state index is -0.833. The molecule has 3 heterocycles. The summed E-state index contributed by atoms with van der Waals surface area (Å²) in [6.07, 6.45) is 1.26. The number of pyridine rings is 1. The molecule has 6 rings (SSSR count). The lowest BCUT2D eigenvalue weighted by molar-refractivity contribution is -0.140. The lowest BCUT2D eigenvalue weighted by Crippen LogP contribution is -2.36. The second-order valence-electron chi connectivity index (χ2n) is 9.59. The Labute approximate surface area is 214 Å². The Kier molecular flexibility index (Phi) is 5.88. The third-order valence-electron chi connectivity index (χ3n) is 7.25. The zero-order valence-corrected chi connectivity index (χ0v) is 20.6. The Bertz CT molecular complexity index is 1440. The maximum atomic E-state index is 12.1. The fourth-order valence-electron chi connectivity index (χ4n) is 4.94. The summed E-state index contributed by atoms with van der Waals surface area (Å²) in [7, 11) is 0. The van der Waals surface area contributed by atoms with Crippen molar-refractivity contribution in [2.45, 2.75) is 25.2 Å². The predicted octanol–water partition coefficient (Wildman–Crippen LogP) is 5.41. The van der Waals surface area contributed by atoms with Gasteiger partial charge in [-0.3, -0.25) is 4.79 Å². The summed E-state index contributed by atoms with van der Waals surface area (Å²) in [4.78, 5) is 19.1. The quantitative estimate of drug-likeness (QED) is 0.350. The van der Waals surface area contributed by atoms with Crippen molar-refractivity contribution in [1.82, 2.24) is 10.1 Å². The molecule has 0 radical (unpaired) electrons. The number of aromatic nitrogens is 2. The maximum absolute atomic E-state index is 12.1. The number of carboxylic acid groups (broad SMARTS) is 1. The highest BCUT2D eigenvalue weighted by molar-refractivity contribution is 5.91. The molecule has 8 nitrogen and oxygen atoms in total. The van der Waals surface area contributed by atoms with Crippen LogP contribution in [0.15, 0.2) is 71.3 Å². The Morgan fingerprint density at radius 2 is 1.78 bits per heavy atom. The number of benzene rings is 2. The molecular weight excluding hydrogens is 468 g/mol. The molecule has 0 atom stereocenters. The standard InChI is InChI=1S/C29H28N4O4/c1-19-26(31-24-8-5-9-25(30-24)33-14-16-36-17-15-33)27(37-32-19)23-18-21(29(12-13-29)28(34)35)10-11-22(23)20-6-3-2-4-7-20/h2-11,18H,12-17H2,1H3,(H,30,31)(H,34,35). The smallest absolute Gasteiger partial charge is 0.314 e. The summed E-state index contributed by atoms with van der Waals surface area (Å²) in [6.45, 7) is 4.85. The number of carboxylic acids is 1. The molecule has 0 amide bonds. The van der Waals surface area contributed by atoms with Crippen LogP contribution in [0.3, 0.4) is 0 Å². The number of ether oxygens (including phenoxy) is 1. The van der Waals surface area contributed by atoms with Crippen molar-refractivity contribution in [2.75, 3.05) is 36.5 Å². The molecule has 8 heteroatoms. The first-order chi connectivity index (χ1) is 18.0. The van der Waals surface area contributed by atoms with Crippen LogP contribution < -0.4 is 10.2 Å². The third kappa shape index (κ3) is 4.34. The van der Waals surface area contributed by atoms with Crippen LogP contribution in [0, 0.1) is 6.92 Å². The molecule has 2 N–H and O–H groups in total. The molecule has 188 valence electrons. The van der Waals surface area contributed by atoms with Gasteiger partial charge < -0.3 is 24.6 Å². The van der Waals surface area contributed by atoms with Crippen molar-refractivity contribution in [3.05, 3.63) is 78.0 Å². The average Bonchev–Trinajstić information content (AvgIpc) is 3.69.